The molecule has 3 aliphatic rings. The van der Waals surface area contributed by atoms with Gasteiger partial charge in [-0.2, -0.15) is 15.0 Å². The Kier molecular flexibility index (Phi) is 15.5. The summed E-state index contributed by atoms with van der Waals surface area (Å²) in [4.78, 5) is 15.8. The molecule has 3 fully saturated rings. The number of piperidine rings is 3. The van der Waals surface area contributed by atoms with Gasteiger partial charge in [-0.25, -0.2) is 0 Å². The van der Waals surface area contributed by atoms with Crippen LogP contribution in [0.15, 0.2) is 0 Å². The van der Waals surface area contributed by atoms with Crippen LogP contribution in [0.3, 0.4) is 0 Å². The summed E-state index contributed by atoms with van der Waals surface area (Å²) in [5.74, 6) is 2.62. The molecule has 0 aliphatic carbocycles. The van der Waals surface area contributed by atoms with Crippen LogP contribution < -0.4 is 31.9 Å². The molecule has 4 rings (SSSR count). The molecule has 57 heavy (non-hydrogen) atoms. The normalized spacial score (nSPS) is 28.5. The number of aromatic nitrogens is 3. The zero-order valence-corrected chi connectivity index (χ0v) is 38.9. The van der Waals surface area contributed by atoms with Gasteiger partial charge in [0.1, 0.15) is 0 Å². The van der Waals surface area contributed by atoms with E-state index < -0.39 is 34.9 Å². The molecule has 9 unspecified atom stereocenters. The van der Waals surface area contributed by atoms with Crippen LogP contribution >= 0.6 is 0 Å². The summed E-state index contributed by atoms with van der Waals surface area (Å²) in [6, 6.07) is 0. The number of anilines is 3. The first-order chi connectivity index (χ1) is 26.3. The fourth-order valence-electron chi connectivity index (χ4n) is 11.6. The molecule has 1 aromatic heterocycles. The molecule has 12 nitrogen and oxygen atoms in total. The minimum absolute atomic E-state index is 0.0526. The maximum atomic E-state index is 11.2. The molecule has 0 aromatic carbocycles. The topological polar surface area (TPSA) is 172 Å². The smallest absolute Gasteiger partial charge is 0.229 e. The van der Waals surface area contributed by atoms with E-state index in [1.165, 1.54) is 0 Å². The highest BCUT2D eigenvalue weighted by atomic mass is 16.3. The van der Waals surface area contributed by atoms with Gasteiger partial charge in [0.05, 0.1) is 18.3 Å². The van der Waals surface area contributed by atoms with Crippen LogP contribution in [0.25, 0.3) is 0 Å². The van der Waals surface area contributed by atoms with E-state index in [0.29, 0.717) is 37.1 Å². The zero-order chi connectivity index (χ0) is 42.8. The van der Waals surface area contributed by atoms with Gasteiger partial charge in [-0.3, -0.25) is 0 Å². The molecule has 12 heteroatoms. The quantitative estimate of drug-likeness (QED) is 0.0751. The molecule has 0 spiro atoms. The summed E-state index contributed by atoms with van der Waals surface area (Å²) in [6.07, 6.45) is 5.76. The second kappa shape index (κ2) is 18.4. The largest absolute Gasteiger partial charge is 0.393 e. The highest BCUT2D eigenvalue weighted by Gasteiger charge is 2.50. The van der Waals surface area contributed by atoms with E-state index in [1.54, 1.807) is 0 Å². The minimum Gasteiger partial charge on any atom is -0.393 e. The number of aliphatic hydroxyl groups excluding tert-OH is 3. The van der Waals surface area contributed by atoms with E-state index in [4.69, 9.17) is 15.0 Å². The third-order valence-electron chi connectivity index (χ3n) is 14.4. The van der Waals surface area contributed by atoms with Crippen LogP contribution in [0.4, 0.5) is 17.8 Å². The maximum absolute atomic E-state index is 11.2. The van der Waals surface area contributed by atoms with Gasteiger partial charge in [-0.15, -0.1) is 0 Å². The first-order valence-corrected chi connectivity index (χ1v) is 22.7. The lowest BCUT2D eigenvalue weighted by Gasteiger charge is -2.52. The number of nitrogens with zero attached hydrogens (tertiary/aromatic N) is 3. The van der Waals surface area contributed by atoms with Crippen molar-refractivity contribution in [3.63, 3.8) is 0 Å². The van der Waals surface area contributed by atoms with E-state index in [0.717, 1.165) is 58.2 Å². The van der Waals surface area contributed by atoms with E-state index in [1.807, 2.05) is 20.8 Å². The molecule has 0 radical (unpaired) electrons. The van der Waals surface area contributed by atoms with Crippen LogP contribution in [0.5, 0.6) is 0 Å². The summed E-state index contributed by atoms with van der Waals surface area (Å²) in [5.41, 5.74) is -1.68. The minimum atomic E-state index is -0.541. The lowest BCUT2D eigenvalue weighted by atomic mass is 9.65. The highest BCUT2D eigenvalue weighted by Crippen LogP contribution is 2.46. The second-order valence-corrected chi connectivity index (χ2v) is 21.9. The number of nitrogens with one attached hydrogen (secondary N) is 6. The number of aliphatic hydroxyl groups is 3. The Morgan fingerprint density at radius 3 is 0.895 bits per heavy atom. The number of hydrogen-bond acceptors (Lipinski definition) is 12. The highest BCUT2D eigenvalue weighted by molar-refractivity contribution is 5.47. The van der Waals surface area contributed by atoms with Crippen molar-refractivity contribution in [2.24, 2.45) is 35.5 Å². The fourth-order valence-corrected chi connectivity index (χ4v) is 11.6. The molecule has 1 aromatic rings. The number of rotatable bonds is 18. The Hall–Kier alpha value is -1.83. The molecule has 0 saturated carbocycles. The average Bonchev–Trinajstić information content (AvgIpc) is 3.05. The molecular weight excluding hydrogens is 715 g/mol. The van der Waals surface area contributed by atoms with Crippen LogP contribution in [-0.4, -0.2) is 101 Å². The van der Waals surface area contributed by atoms with Gasteiger partial charge >= 0.3 is 0 Å². The molecule has 9 N–H and O–H groups in total. The Bertz CT molecular complexity index is 1250. The van der Waals surface area contributed by atoms with E-state index in [2.05, 4.69) is 115 Å². The third kappa shape index (κ3) is 11.7. The van der Waals surface area contributed by atoms with E-state index in [9.17, 15) is 15.3 Å². The molecule has 4 heterocycles. The SMILES string of the molecule is CC(O)CC(Nc1nc(NC(CC(C)O)(C(C)C)C2CCNC(C)(C)C2)nc(NC(CC(C)O)(C(C)C)C2CCNC(C)(C)C2)n1)(C(C)C)C1CCNC(C)(C)C1. The third-order valence-corrected chi connectivity index (χ3v) is 14.4. The molecule has 3 aliphatic heterocycles. The molecule has 330 valence electrons. The van der Waals surface area contributed by atoms with Gasteiger partial charge in [0, 0.05) is 33.2 Å². The van der Waals surface area contributed by atoms with Gasteiger partial charge < -0.3 is 47.2 Å². The average molecular weight is 802 g/mol. The summed E-state index contributed by atoms with van der Waals surface area (Å²) in [5, 5.41) is 56.5. The Morgan fingerprint density at radius 2 is 0.719 bits per heavy atom. The van der Waals surface area contributed by atoms with Crippen molar-refractivity contribution in [2.75, 3.05) is 35.6 Å². The van der Waals surface area contributed by atoms with Crippen LogP contribution in [0, 0.1) is 35.5 Å². The second-order valence-electron chi connectivity index (χ2n) is 21.9. The van der Waals surface area contributed by atoms with Crippen molar-refractivity contribution in [3.8, 4) is 0 Å². The first kappa shape index (κ1) is 47.8. The van der Waals surface area contributed by atoms with E-state index in [-0.39, 0.29) is 52.1 Å². The Labute approximate surface area is 347 Å². The lowest BCUT2D eigenvalue weighted by molar-refractivity contribution is 0.0696. The predicted octanol–water partition coefficient (Wildman–Crippen LogP) is 6.94. The van der Waals surface area contributed by atoms with Crippen molar-refractivity contribution in [1.82, 2.24) is 30.9 Å². The summed E-state index contributed by atoms with van der Waals surface area (Å²) >= 11 is 0. The van der Waals surface area contributed by atoms with E-state index >= 15 is 0 Å². The monoisotopic (exact) mass is 802 g/mol. The van der Waals surface area contributed by atoms with Crippen molar-refractivity contribution in [1.29, 1.82) is 0 Å². The maximum Gasteiger partial charge on any atom is 0.229 e. The van der Waals surface area contributed by atoms with Gasteiger partial charge in [0.2, 0.25) is 17.8 Å². The van der Waals surface area contributed by atoms with Gasteiger partial charge in [-0.1, -0.05) is 41.5 Å². The Morgan fingerprint density at radius 1 is 0.491 bits per heavy atom. The molecule has 0 bridgehead atoms. The van der Waals surface area contributed by atoms with Crippen molar-refractivity contribution in [2.45, 2.75) is 213 Å². The summed E-state index contributed by atoms with van der Waals surface area (Å²) < 4.78 is 0. The standard InChI is InChI=1S/C45H87N9O3/c1-28(2)43(22-31(7)55,34-16-19-46-40(10,11)25-34)52-37-49-38(53-44(29(3)4,23-32(8)56)35-17-20-47-41(12,13)26-35)51-39(50-37)54-45(30(5)6,24-33(9)57)36-18-21-48-42(14,15)27-36/h28-36,46-48,55-57H,16-27H2,1-15H3,(H3,49,50,51,52,53,54). The lowest BCUT2D eigenvalue weighted by Crippen LogP contribution is -2.60. The van der Waals surface area contributed by atoms with Gasteiger partial charge in [-0.05, 0) is 175 Å². The van der Waals surface area contributed by atoms with Gasteiger partial charge in [0.25, 0.3) is 0 Å². The van der Waals surface area contributed by atoms with Crippen molar-refractivity contribution in [3.05, 3.63) is 0 Å². The zero-order valence-electron chi connectivity index (χ0n) is 38.9. The van der Waals surface area contributed by atoms with Crippen LogP contribution in [0.2, 0.25) is 0 Å². The Balaban J connectivity index is 1.96. The predicted molar refractivity (Wildman–Crippen MR) is 237 cm³/mol. The van der Waals surface area contributed by atoms with Gasteiger partial charge in [0.15, 0.2) is 0 Å². The molecule has 0 amide bonds. The van der Waals surface area contributed by atoms with Crippen molar-refractivity contribution < 1.29 is 15.3 Å². The molecule has 9 atom stereocenters. The number of hydrogen-bond donors (Lipinski definition) is 9. The molecule has 3 saturated heterocycles. The fraction of sp³-hybridized carbons (Fsp3) is 0.933. The molecular formula is C45H87N9O3. The first-order valence-electron chi connectivity index (χ1n) is 22.7. The van der Waals surface area contributed by atoms with Crippen LogP contribution in [0.1, 0.15) is 162 Å². The van der Waals surface area contributed by atoms with Crippen molar-refractivity contribution >= 4 is 17.8 Å². The summed E-state index contributed by atoms with van der Waals surface area (Å²) in [6.45, 7) is 35.5. The summed E-state index contributed by atoms with van der Waals surface area (Å²) in [7, 11) is 0. The van der Waals surface area contributed by atoms with Crippen LogP contribution in [-0.2, 0) is 0 Å².